The number of benzene rings is 2. The van der Waals surface area contributed by atoms with Crippen LogP contribution in [-0.2, 0) is 6.61 Å². The molecule has 0 atom stereocenters. The van der Waals surface area contributed by atoms with Crippen molar-refractivity contribution in [1.82, 2.24) is 4.90 Å². The van der Waals surface area contributed by atoms with E-state index in [-0.39, 0.29) is 29.8 Å². The third-order valence-corrected chi connectivity index (χ3v) is 5.31. The number of halogens is 1. The van der Waals surface area contributed by atoms with E-state index in [1.54, 1.807) is 24.1 Å². The van der Waals surface area contributed by atoms with E-state index in [4.69, 9.17) is 13.9 Å². The Morgan fingerprint density at radius 1 is 1.03 bits per heavy atom. The molecular formula is C24H23FN2O5. The summed E-state index contributed by atoms with van der Waals surface area (Å²) in [6, 6.07) is 14.7. The van der Waals surface area contributed by atoms with E-state index < -0.39 is 5.43 Å². The quantitative estimate of drug-likeness (QED) is 0.588. The predicted octanol–water partition coefficient (Wildman–Crippen LogP) is 3.33. The lowest BCUT2D eigenvalue weighted by Crippen LogP contribution is -2.49. The Bertz CT molecular complexity index is 1140. The van der Waals surface area contributed by atoms with Gasteiger partial charge in [0.25, 0.3) is 5.91 Å². The Kier molecular flexibility index (Phi) is 6.39. The third-order valence-electron chi connectivity index (χ3n) is 5.31. The van der Waals surface area contributed by atoms with Gasteiger partial charge in [-0.15, -0.1) is 0 Å². The number of methoxy groups -OCH3 is 1. The Morgan fingerprint density at radius 2 is 1.75 bits per heavy atom. The molecule has 7 nitrogen and oxygen atoms in total. The molecule has 0 saturated carbocycles. The molecule has 1 saturated heterocycles. The highest BCUT2D eigenvalue weighted by Crippen LogP contribution is 2.28. The fourth-order valence-electron chi connectivity index (χ4n) is 3.56. The van der Waals surface area contributed by atoms with Gasteiger partial charge in [0, 0.05) is 32.2 Å². The van der Waals surface area contributed by atoms with Crippen molar-refractivity contribution in [2.45, 2.75) is 6.61 Å². The zero-order valence-corrected chi connectivity index (χ0v) is 17.6. The summed E-state index contributed by atoms with van der Waals surface area (Å²) >= 11 is 0. The Hall–Kier alpha value is -3.81. The topological polar surface area (TPSA) is 72.2 Å². The van der Waals surface area contributed by atoms with Crippen molar-refractivity contribution in [3.05, 3.63) is 88.2 Å². The molecule has 2 aromatic carbocycles. The van der Waals surface area contributed by atoms with Crippen LogP contribution in [0.1, 0.15) is 16.1 Å². The summed E-state index contributed by atoms with van der Waals surface area (Å²) in [5.74, 6) is 0.0583. The van der Waals surface area contributed by atoms with Crippen LogP contribution in [-0.4, -0.2) is 44.1 Å². The molecule has 1 aliphatic rings. The van der Waals surface area contributed by atoms with Crippen molar-refractivity contribution in [2.75, 3.05) is 38.2 Å². The summed E-state index contributed by atoms with van der Waals surface area (Å²) in [5, 5.41) is 0. The number of carbonyl (C=O) groups is 1. The molecule has 1 aliphatic heterocycles. The van der Waals surface area contributed by atoms with Crippen molar-refractivity contribution in [1.29, 1.82) is 0 Å². The van der Waals surface area contributed by atoms with Crippen LogP contribution in [0.2, 0.25) is 0 Å². The van der Waals surface area contributed by atoms with Crippen LogP contribution < -0.4 is 19.8 Å². The summed E-state index contributed by atoms with van der Waals surface area (Å²) < 4.78 is 29.3. The number of ether oxygens (including phenoxy) is 2. The fourth-order valence-corrected chi connectivity index (χ4v) is 3.56. The molecule has 0 aliphatic carbocycles. The van der Waals surface area contributed by atoms with Crippen LogP contribution in [0.25, 0.3) is 0 Å². The molecule has 0 spiro atoms. The molecule has 0 bridgehead atoms. The number of para-hydroxylation sites is 2. The number of piperazine rings is 1. The minimum Gasteiger partial charge on any atom is -0.495 e. The largest absolute Gasteiger partial charge is 0.495 e. The Labute approximate surface area is 184 Å². The van der Waals surface area contributed by atoms with Gasteiger partial charge in [-0.1, -0.05) is 24.3 Å². The highest BCUT2D eigenvalue weighted by molar-refractivity contribution is 5.91. The number of anilines is 1. The standard InChI is InChI=1S/C24H23FN2O5/c1-30-21-5-3-2-4-19(21)26-10-12-27(13-11-26)24(29)22-14-20(28)23(16-32-22)31-15-17-6-8-18(25)9-7-17/h2-9,14,16H,10-13,15H2,1H3. The first kappa shape index (κ1) is 21.4. The molecular weight excluding hydrogens is 415 g/mol. The fraction of sp³-hybridized carbons (Fsp3) is 0.250. The minimum absolute atomic E-state index is 0.00753. The van der Waals surface area contributed by atoms with Crippen molar-refractivity contribution in [3.8, 4) is 11.5 Å². The number of nitrogens with zero attached hydrogens (tertiary/aromatic N) is 2. The van der Waals surface area contributed by atoms with Crippen LogP contribution in [0, 0.1) is 5.82 Å². The first-order chi connectivity index (χ1) is 15.5. The van der Waals surface area contributed by atoms with Gasteiger partial charge in [0.2, 0.25) is 11.2 Å². The van der Waals surface area contributed by atoms with Crippen LogP contribution in [0.5, 0.6) is 11.5 Å². The molecule has 4 rings (SSSR count). The summed E-state index contributed by atoms with van der Waals surface area (Å²) in [6.07, 6.45) is 1.14. The van der Waals surface area contributed by atoms with Crippen molar-refractivity contribution >= 4 is 11.6 Å². The predicted molar refractivity (Wildman–Crippen MR) is 117 cm³/mol. The van der Waals surface area contributed by atoms with Gasteiger partial charge in [-0.3, -0.25) is 9.59 Å². The van der Waals surface area contributed by atoms with Crippen LogP contribution in [0.3, 0.4) is 0 Å². The average molecular weight is 438 g/mol. The first-order valence-corrected chi connectivity index (χ1v) is 10.2. The highest BCUT2D eigenvalue weighted by atomic mass is 19.1. The van der Waals surface area contributed by atoms with Gasteiger partial charge in [-0.2, -0.15) is 0 Å². The van der Waals surface area contributed by atoms with E-state index in [9.17, 15) is 14.0 Å². The summed E-state index contributed by atoms with van der Waals surface area (Å²) in [5.41, 5.74) is 1.24. The van der Waals surface area contributed by atoms with Gasteiger partial charge < -0.3 is 23.7 Å². The van der Waals surface area contributed by atoms with E-state index in [0.29, 0.717) is 31.7 Å². The SMILES string of the molecule is COc1ccccc1N1CCN(C(=O)c2cc(=O)c(OCc3ccc(F)cc3)co2)CC1. The van der Waals surface area contributed by atoms with Crippen LogP contribution in [0.15, 0.2) is 70.1 Å². The molecule has 1 fully saturated rings. The summed E-state index contributed by atoms with van der Waals surface area (Å²) in [7, 11) is 1.63. The lowest BCUT2D eigenvalue weighted by atomic mass is 10.2. The number of carbonyl (C=O) groups excluding carboxylic acids is 1. The van der Waals surface area contributed by atoms with Gasteiger partial charge in [0.1, 0.15) is 24.4 Å². The zero-order valence-electron chi connectivity index (χ0n) is 17.6. The molecule has 1 amide bonds. The first-order valence-electron chi connectivity index (χ1n) is 10.2. The number of hydrogen-bond donors (Lipinski definition) is 0. The number of amides is 1. The monoisotopic (exact) mass is 438 g/mol. The van der Waals surface area contributed by atoms with Gasteiger partial charge in [0.05, 0.1) is 12.8 Å². The average Bonchev–Trinajstić information content (AvgIpc) is 2.84. The van der Waals surface area contributed by atoms with Crippen molar-refractivity contribution in [2.24, 2.45) is 0 Å². The molecule has 8 heteroatoms. The van der Waals surface area contributed by atoms with Crippen LogP contribution >= 0.6 is 0 Å². The molecule has 3 aromatic rings. The van der Waals surface area contributed by atoms with Crippen LogP contribution in [0.4, 0.5) is 10.1 Å². The van der Waals surface area contributed by atoms with E-state index >= 15 is 0 Å². The maximum atomic E-state index is 13.0. The molecule has 0 N–H and O–H groups in total. The van der Waals surface area contributed by atoms with E-state index in [1.165, 1.54) is 12.1 Å². The minimum atomic E-state index is -0.450. The molecule has 2 heterocycles. The summed E-state index contributed by atoms with van der Waals surface area (Å²) in [6.45, 7) is 2.33. The second kappa shape index (κ2) is 9.55. The Morgan fingerprint density at radius 3 is 2.44 bits per heavy atom. The second-order valence-electron chi connectivity index (χ2n) is 7.34. The molecule has 32 heavy (non-hydrogen) atoms. The lowest BCUT2D eigenvalue weighted by molar-refractivity contribution is 0.0711. The normalized spacial score (nSPS) is 13.7. The maximum Gasteiger partial charge on any atom is 0.289 e. The van der Waals surface area contributed by atoms with E-state index in [1.807, 2.05) is 24.3 Å². The number of rotatable bonds is 6. The number of hydrogen-bond acceptors (Lipinski definition) is 6. The van der Waals surface area contributed by atoms with Crippen molar-refractivity contribution in [3.63, 3.8) is 0 Å². The van der Waals surface area contributed by atoms with Crippen molar-refractivity contribution < 1.29 is 23.1 Å². The smallest absolute Gasteiger partial charge is 0.289 e. The van der Waals surface area contributed by atoms with Gasteiger partial charge in [-0.25, -0.2) is 4.39 Å². The molecule has 166 valence electrons. The van der Waals surface area contributed by atoms with Gasteiger partial charge >= 0.3 is 0 Å². The molecule has 0 radical (unpaired) electrons. The molecule has 1 aromatic heterocycles. The van der Waals surface area contributed by atoms with Gasteiger partial charge in [0.15, 0.2) is 5.76 Å². The maximum absolute atomic E-state index is 13.0. The third kappa shape index (κ3) is 4.74. The lowest BCUT2D eigenvalue weighted by Gasteiger charge is -2.36. The second-order valence-corrected chi connectivity index (χ2v) is 7.34. The molecule has 0 unspecified atom stereocenters. The zero-order chi connectivity index (χ0) is 22.5. The highest BCUT2D eigenvalue weighted by Gasteiger charge is 2.25. The van der Waals surface area contributed by atoms with E-state index in [0.717, 1.165) is 23.8 Å². The Balaban J connectivity index is 1.37. The van der Waals surface area contributed by atoms with Gasteiger partial charge in [-0.05, 0) is 29.8 Å². The summed E-state index contributed by atoms with van der Waals surface area (Å²) in [4.78, 5) is 29.0. The van der Waals surface area contributed by atoms with E-state index in [2.05, 4.69) is 4.90 Å².